The van der Waals surface area contributed by atoms with E-state index in [9.17, 15) is 9.59 Å². The van der Waals surface area contributed by atoms with Crippen molar-refractivity contribution in [2.75, 3.05) is 5.32 Å². The van der Waals surface area contributed by atoms with Crippen molar-refractivity contribution in [2.45, 2.75) is 52.7 Å². The number of carbonyl (C=O) groups excluding carboxylic acids is 1. The number of carbonyl (C=O) groups is 1. The molecule has 7 heteroatoms. The van der Waals surface area contributed by atoms with E-state index in [1.54, 1.807) is 18.6 Å². The smallest absolute Gasteiger partial charge is 0.277 e. The van der Waals surface area contributed by atoms with E-state index in [-0.39, 0.29) is 18.0 Å². The van der Waals surface area contributed by atoms with Crippen LogP contribution in [0.4, 0.5) is 5.69 Å². The minimum atomic E-state index is -0.269. The number of hydrogen-bond donors (Lipinski definition) is 2. The third kappa shape index (κ3) is 4.47. The standard InChI is InChI=1S/C28H33N5O2/c1-18-22-13-21(28(22,2)3)14-23(18)32-24-16-31-33(27(35)26(24)20-7-5-4-6-8-20)17-25(34)30-15-19-9-11-29-12-10-19/h4-12,16,18,21-23,32H,13-15,17H2,1-3H3,(H,30,34)/t18-,21-,22+,23-/m1/s1. The molecule has 3 aliphatic carbocycles. The lowest BCUT2D eigenvalue weighted by molar-refractivity contribution is -0.122. The molecule has 1 aromatic carbocycles. The zero-order valence-corrected chi connectivity index (χ0v) is 20.6. The quantitative estimate of drug-likeness (QED) is 0.542. The number of pyridine rings is 1. The first kappa shape index (κ1) is 23.3. The van der Waals surface area contributed by atoms with Crippen LogP contribution in [0.5, 0.6) is 0 Å². The van der Waals surface area contributed by atoms with E-state index in [4.69, 9.17) is 0 Å². The van der Waals surface area contributed by atoms with Crippen molar-refractivity contribution in [2.24, 2.45) is 23.2 Å². The van der Waals surface area contributed by atoms with Gasteiger partial charge in [0.15, 0.2) is 0 Å². The maximum atomic E-state index is 13.6. The molecule has 2 bridgehead atoms. The van der Waals surface area contributed by atoms with Gasteiger partial charge < -0.3 is 10.6 Å². The molecule has 7 nitrogen and oxygen atoms in total. The minimum absolute atomic E-state index is 0.137. The molecule has 3 fully saturated rings. The molecule has 0 saturated heterocycles. The van der Waals surface area contributed by atoms with Crippen LogP contribution in [0.1, 0.15) is 39.2 Å². The van der Waals surface area contributed by atoms with Crippen molar-refractivity contribution in [3.63, 3.8) is 0 Å². The Morgan fingerprint density at radius 2 is 1.86 bits per heavy atom. The molecule has 6 rings (SSSR count). The monoisotopic (exact) mass is 471 g/mol. The molecule has 3 saturated carbocycles. The predicted octanol–water partition coefficient (Wildman–Crippen LogP) is 4.10. The van der Waals surface area contributed by atoms with Crippen molar-refractivity contribution < 1.29 is 4.79 Å². The minimum Gasteiger partial charge on any atom is -0.380 e. The normalized spacial score (nSPS) is 24.3. The molecule has 182 valence electrons. The Bertz CT molecular complexity index is 1260. The van der Waals surface area contributed by atoms with Crippen molar-refractivity contribution in [1.29, 1.82) is 0 Å². The van der Waals surface area contributed by atoms with E-state index in [1.807, 2.05) is 42.5 Å². The number of amides is 1. The van der Waals surface area contributed by atoms with Crippen LogP contribution in [0, 0.1) is 23.2 Å². The molecule has 0 spiro atoms. The molecule has 0 aliphatic heterocycles. The highest BCUT2D eigenvalue weighted by molar-refractivity contribution is 5.78. The molecule has 3 aliphatic rings. The number of nitrogens with zero attached hydrogens (tertiary/aromatic N) is 3. The SMILES string of the molecule is C[C@H]1[C@H](Nc2cnn(CC(=O)NCc3ccncc3)c(=O)c2-c2ccccc2)C[C@H]2C[C@@H]1C2(C)C. The van der Waals surface area contributed by atoms with Crippen LogP contribution < -0.4 is 16.2 Å². The Morgan fingerprint density at radius 1 is 1.11 bits per heavy atom. The fraction of sp³-hybridized carbons (Fsp3) is 0.429. The number of fused-ring (bicyclic) bond motifs is 2. The average molecular weight is 472 g/mol. The summed E-state index contributed by atoms with van der Waals surface area (Å²) in [4.78, 5) is 30.1. The van der Waals surface area contributed by atoms with Crippen LogP contribution in [0.25, 0.3) is 11.1 Å². The molecule has 2 aromatic heterocycles. The number of rotatable bonds is 7. The first-order valence-electron chi connectivity index (χ1n) is 12.4. The van der Waals surface area contributed by atoms with Crippen LogP contribution in [0.15, 0.2) is 65.8 Å². The largest absolute Gasteiger partial charge is 0.380 e. The van der Waals surface area contributed by atoms with E-state index >= 15 is 0 Å². The van der Waals surface area contributed by atoms with Gasteiger partial charge in [-0.3, -0.25) is 14.6 Å². The number of nitrogens with one attached hydrogen (secondary N) is 2. The summed E-state index contributed by atoms with van der Waals surface area (Å²) in [5.41, 5.74) is 3.20. The topological polar surface area (TPSA) is 88.9 Å². The van der Waals surface area contributed by atoms with Crippen LogP contribution >= 0.6 is 0 Å². The highest BCUT2D eigenvalue weighted by Gasteiger charge is 2.56. The van der Waals surface area contributed by atoms with Gasteiger partial charge in [-0.05, 0) is 59.3 Å². The maximum Gasteiger partial charge on any atom is 0.277 e. The van der Waals surface area contributed by atoms with Gasteiger partial charge in [0.2, 0.25) is 5.91 Å². The summed E-state index contributed by atoms with van der Waals surface area (Å²) in [6.07, 6.45) is 7.47. The molecular weight excluding hydrogens is 438 g/mol. The third-order valence-corrected chi connectivity index (χ3v) is 8.33. The van der Waals surface area contributed by atoms with Crippen LogP contribution in [0.3, 0.4) is 0 Å². The average Bonchev–Trinajstić information content (AvgIpc) is 2.86. The zero-order chi connectivity index (χ0) is 24.6. The highest BCUT2D eigenvalue weighted by Crippen LogP contribution is 2.61. The summed E-state index contributed by atoms with van der Waals surface area (Å²) in [5, 5.41) is 10.9. The van der Waals surface area contributed by atoms with E-state index in [0.29, 0.717) is 41.3 Å². The molecule has 2 N–H and O–H groups in total. The Balaban J connectivity index is 1.38. The van der Waals surface area contributed by atoms with E-state index < -0.39 is 0 Å². The fourth-order valence-corrected chi connectivity index (χ4v) is 6.03. The van der Waals surface area contributed by atoms with Crippen molar-refractivity contribution in [3.05, 3.63) is 77.0 Å². The molecule has 0 unspecified atom stereocenters. The lowest BCUT2D eigenvalue weighted by Gasteiger charge is -2.62. The predicted molar refractivity (Wildman–Crippen MR) is 137 cm³/mol. The van der Waals surface area contributed by atoms with E-state index in [0.717, 1.165) is 23.2 Å². The van der Waals surface area contributed by atoms with Crippen LogP contribution in [-0.2, 0) is 17.9 Å². The van der Waals surface area contributed by atoms with Crippen molar-refractivity contribution in [1.82, 2.24) is 20.1 Å². The van der Waals surface area contributed by atoms with Gasteiger partial charge in [-0.1, -0.05) is 51.1 Å². The van der Waals surface area contributed by atoms with Gasteiger partial charge in [0.05, 0.1) is 17.4 Å². The highest BCUT2D eigenvalue weighted by atomic mass is 16.2. The van der Waals surface area contributed by atoms with Crippen molar-refractivity contribution in [3.8, 4) is 11.1 Å². The second-order valence-electron chi connectivity index (χ2n) is 10.6. The number of aromatic nitrogens is 3. The summed E-state index contributed by atoms with van der Waals surface area (Å²) < 4.78 is 1.25. The second-order valence-corrected chi connectivity index (χ2v) is 10.6. The van der Waals surface area contributed by atoms with Gasteiger partial charge in [-0.25, -0.2) is 4.68 Å². The Hall–Kier alpha value is -3.48. The van der Waals surface area contributed by atoms with Gasteiger partial charge in [-0.2, -0.15) is 5.10 Å². The number of benzene rings is 1. The molecule has 35 heavy (non-hydrogen) atoms. The first-order valence-corrected chi connectivity index (χ1v) is 12.4. The number of hydrogen-bond acceptors (Lipinski definition) is 5. The summed E-state index contributed by atoms with van der Waals surface area (Å²) in [5.74, 6) is 1.65. The fourth-order valence-electron chi connectivity index (χ4n) is 6.03. The van der Waals surface area contributed by atoms with Crippen LogP contribution in [0.2, 0.25) is 0 Å². The summed E-state index contributed by atoms with van der Waals surface area (Å²) in [6, 6.07) is 13.6. The molecule has 4 atom stereocenters. The van der Waals surface area contributed by atoms with E-state index in [2.05, 4.69) is 41.5 Å². The van der Waals surface area contributed by atoms with Gasteiger partial charge in [0.25, 0.3) is 5.56 Å². The first-order chi connectivity index (χ1) is 16.8. The summed E-state index contributed by atoms with van der Waals surface area (Å²) in [7, 11) is 0. The Kier molecular flexibility index (Phi) is 6.17. The third-order valence-electron chi connectivity index (χ3n) is 8.33. The number of anilines is 1. The van der Waals surface area contributed by atoms with E-state index in [1.165, 1.54) is 11.1 Å². The molecule has 3 aromatic rings. The maximum absolute atomic E-state index is 13.6. The lowest BCUT2D eigenvalue weighted by atomic mass is 9.45. The van der Waals surface area contributed by atoms with Gasteiger partial charge >= 0.3 is 0 Å². The van der Waals surface area contributed by atoms with Gasteiger partial charge in [0, 0.05) is 25.0 Å². The molecular formula is C28H33N5O2. The molecule has 1 amide bonds. The molecule has 2 heterocycles. The molecule has 0 radical (unpaired) electrons. The summed E-state index contributed by atoms with van der Waals surface area (Å²) >= 11 is 0. The zero-order valence-electron chi connectivity index (χ0n) is 20.6. The van der Waals surface area contributed by atoms with Crippen LogP contribution in [-0.4, -0.2) is 26.7 Å². The van der Waals surface area contributed by atoms with Crippen molar-refractivity contribution >= 4 is 11.6 Å². The lowest BCUT2D eigenvalue weighted by Crippen LogP contribution is -2.58. The van der Waals surface area contributed by atoms with Gasteiger partial charge in [0.1, 0.15) is 6.54 Å². The Morgan fingerprint density at radius 3 is 2.54 bits per heavy atom. The second kappa shape index (κ2) is 9.29. The Labute approximate surface area is 206 Å². The summed E-state index contributed by atoms with van der Waals surface area (Å²) in [6.45, 7) is 7.33. The van der Waals surface area contributed by atoms with Gasteiger partial charge in [-0.15, -0.1) is 0 Å².